The van der Waals surface area contributed by atoms with Gasteiger partial charge in [-0.15, -0.1) is 0 Å². The van der Waals surface area contributed by atoms with Crippen LogP contribution in [0.25, 0.3) is 0 Å². The van der Waals surface area contributed by atoms with Crippen molar-refractivity contribution in [2.24, 2.45) is 11.5 Å². The molecule has 1 aliphatic rings. The van der Waals surface area contributed by atoms with Gasteiger partial charge in [0.1, 0.15) is 5.60 Å². The van der Waals surface area contributed by atoms with Gasteiger partial charge in [-0.25, -0.2) is 4.79 Å². The van der Waals surface area contributed by atoms with E-state index in [1.54, 1.807) is 0 Å². The molecule has 0 aromatic rings. The SMILES string of the molecule is CC1(NC(=O)OC(C)(C)C)CCC(N)(CC(N)=O)CC1. The Morgan fingerprint density at radius 1 is 1.20 bits per heavy atom. The average molecular weight is 285 g/mol. The van der Waals surface area contributed by atoms with E-state index in [9.17, 15) is 9.59 Å². The standard InChI is InChI=1S/C14H27N3O3/c1-12(2,3)20-11(19)17-13(4)5-7-14(16,8-6-13)9-10(15)18/h5-9,16H2,1-4H3,(H2,15,18)(H,17,19). The van der Waals surface area contributed by atoms with E-state index < -0.39 is 17.2 Å². The van der Waals surface area contributed by atoms with Crippen molar-refractivity contribution in [1.29, 1.82) is 0 Å². The van der Waals surface area contributed by atoms with Crippen molar-refractivity contribution >= 4 is 12.0 Å². The summed E-state index contributed by atoms with van der Waals surface area (Å²) < 4.78 is 5.27. The molecule has 6 heteroatoms. The second kappa shape index (κ2) is 5.60. The molecule has 0 spiro atoms. The third-order valence-electron chi connectivity index (χ3n) is 3.68. The average Bonchev–Trinajstić information content (AvgIpc) is 2.19. The Kier molecular flexibility index (Phi) is 4.69. The van der Waals surface area contributed by atoms with E-state index in [2.05, 4.69) is 5.32 Å². The minimum Gasteiger partial charge on any atom is -0.444 e. The van der Waals surface area contributed by atoms with Crippen LogP contribution in [0.1, 0.15) is 59.8 Å². The molecule has 0 saturated heterocycles. The number of alkyl carbamates (subject to hydrolysis) is 1. The van der Waals surface area contributed by atoms with Crippen molar-refractivity contribution in [2.45, 2.75) is 76.5 Å². The van der Waals surface area contributed by atoms with Gasteiger partial charge in [-0.1, -0.05) is 0 Å². The molecule has 0 heterocycles. The fraction of sp³-hybridized carbons (Fsp3) is 0.857. The summed E-state index contributed by atoms with van der Waals surface area (Å²) in [5.41, 5.74) is 9.99. The second-order valence-corrected chi connectivity index (χ2v) is 7.19. The molecule has 6 nitrogen and oxygen atoms in total. The van der Waals surface area contributed by atoms with Gasteiger partial charge in [-0.05, 0) is 53.4 Å². The minimum atomic E-state index is -0.541. The first-order valence-corrected chi connectivity index (χ1v) is 7.02. The van der Waals surface area contributed by atoms with Crippen molar-refractivity contribution in [3.05, 3.63) is 0 Å². The van der Waals surface area contributed by atoms with Crippen LogP contribution in [0.5, 0.6) is 0 Å². The second-order valence-electron chi connectivity index (χ2n) is 7.19. The zero-order valence-corrected chi connectivity index (χ0v) is 12.9. The summed E-state index contributed by atoms with van der Waals surface area (Å²) in [6.07, 6.45) is 2.49. The number of hydrogen-bond donors (Lipinski definition) is 3. The summed E-state index contributed by atoms with van der Waals surface area (Å²) in [6.45, 7) is 7.45. The smallest absolute Gasteiger partial charge is 0.408 e. The molecule has 0 aliphatic heterocycles. The number of primary amides is 1. The molecular weight excluding hydrogens is 258 g/mol. The van der Waals surface area contributed by atoms with Crippen LogP contribution in [0.15, 0.2) is 0 Å². The molecule has 1 rings (SSSR count). The van der Waals surface area contributed by atoms with Crippen molar-refractivity contribution < 1.29 is 14.3 Å². The van der Waals surface area contributed by atoms with Crippen LogP contribution >= 0.6 is 0 Å². The third-order valence-corrected chi connectivity index (χ3v) is 3.68. The van der Waals surface area contributed by atoms with Crippen LogP contribution in [0.3, 0.4) is 0 Å². The van der Waals surface area contributed by atoms with Crippen molar-refractivity contribution in [2.75, 3.05) is 0 Å². The lowest BCUT2D eigenvalue weighted by Gasteiger charge is -2.43. The number of ether oxygens (including phenoxy) is 1. The largest absolute Gasteiger partial charge is 0.444 e. The van der Waals surface area contributed by atoms with Crippen molar-refractivity contribution in [1.82, 2.24) is 5.32 Å². The number of carbonyl (C=O) groups excluding carboxylic acids is 2. The summed E-state index contributed by atoms with van der Waals surface area (Å²) in [7, 11) is 0. The van der Waals surface area contributed by atoms with Crippen LogP contribution in [-0.2, 0) is 9.53 Å². The molecule has 0 aromatic heterocycles. The first-order valence-electron chi connectivity index (χ1n) is 7.02. The van der Waals surface area contributed by atoms with Crippen LogP contribution in [0.2, 0.25) is 0 Å². The Morgan fingerprint density at radius 3 is 2.10 bits per heavy atom. The zero-order chi connectivity index (χ0) is 15.6. The molecule has 5 N–H and O–H groups in total. The van der Waals surface area contributed by atoms with E-state index in [0.29, 0.717) is 25.7 Å². The summed E-state index contributed by atoms with van der Waals surface area (Å²) in [5, 5.41) is 2.91. The summed E-state index contributed by atoms with van der Waals surface area (Å²) in [5.74, 6) is -0.379. The van der Waals surface area contributed by atoms with E-state index in [1.807, 2.05) is 27.7 Å². The van der Waals surface area contributed by atoms with Gasteiger partial charge in [0.25, 0.3) is 0 Å². The maximum absolute atomic E-state index is 11.8. The van der Waals surface area contributed by atoms with Gasteiger partial charge in [0.05, 0.1) is 0 Å². The van der Waals surface area contributed by atoms with E-state index in [-0.39, 0.29) is 17.9 Å². The molecule has 1 aliphatic carbocycles. The van der Waals surface area contributed by atoms with Gasteiger partial charge in [-0.2, -0.15) is 0 Å². The first kappa shape index (κ1) is 16.8. The molecule has 2 amide bonds. The molecule has 0 atom stereocenters. The van der Waals surface area contributed by atoms with Gasteiger partial charge in [0.2, 0.25) is 5.91 Å². The Hall–Kier alpha value is -1.30. The quantitative estimate of drug-likeness (QED) is 0.728. The summed E-state index contributed by atoms with van der Waals surface area (Å²) >= 11 is 0. The Bertz CT molecular complexity index is 380. The van der Waals surface area contributed by atoms with Crippen LogP contribution in [-0.4, -0.2) is 28.7 Å². The molecule has 1 saturated carbocycles. The molecular formula is C14H27N3O3. The van der Waals surface area contributed by atoms with Crippen LogP contribution in [0.4, 0.5) is 4.79 Å². The fourth-order valence-corrected chi connectivity index (χ4v) is 2.50. The lowest BCUT2D eigenvalue weighted by Crippen LogP contribution is -2.56. The van der Waals surface area contributed by atoms with E-state index in [1.165, 1.54) is 0 Å². The lowest BCUT2D eigenvalue weighted by atomic mass is 9.72. The van der Waals surface area contributed by atoms with E-state index >= 15 is 0 Å². The molecule has 0 bridgehead atoms. The number of rotatable bonds is 3. The number of nitrogens with two attached hydrogens (primary N) is 2. The highest BCUT2D eigenvalue weighted by Crippen LogP contribution is 2.35. The molecule has 0 unspecified atom stereocenters. The Balaban J connectivity index is 2.54. The number of hydrogen-bond acceptors (Lipinski definition) is 4. The highest BCUT2D eigenvalue weighted by molar-refractivity contribution is 5.75. The third kappa shape index (κ3) is 5.36. The van der Waals surface area contributed by atoms with E-state index in [0.717, 1.165) is 0 Å². The number of amides is 2. The van der Waals surface area contributed by atoms with Gasteiger partial charge >= 0.3 is 6.09 Å². The Morgan fingerprint density at radius 2 is 1.70 bits per heavy atom. The highest BCUT2D eigenvalue weighted by Gasteiger charge is 2.40. The lowest BCUT2D eigenvalue weighted by molar-refractivity contribution is -0.119. The van der Waals surface area contributed by atoms with Gasteiger partial charge in [0, 0.05) is 17.5 Å². The predicted octanol–water partition coefficient (Wildman–Crippen LogP) is 1.42. The van der Waals surface area contributed by atoms with Crippen LogP contribution < -0.4 is 16.8 Å². The molecule has 20 heavy (non-hydrogen) atoms. The molecule has 0 radical (unpaired) electrons. The monoisotopic (exact) mass is 285 g/mol. The normalized spacial score (nSPS) is 30.6. The molecule has 116 valence electrons. The highest BCUT2D eigenvalue weighted by atomic mass is 16.6. The topological polar surface area (TPSA) is 107 Å². The zero-order valence-electron chi connectivity index (χ0n) is 12.9. The maximum Gasteiger partial charge on any atom is 0.408 e. The summed E-state index contributed by atoms with van der Waals surface area (Å²) in [6, 6.07) is 0. The van der Waals surface area contributed by atoms with Gasteiger partial charge in [-0.3, -0.25) is 4.79 Å². The minimum absolute atomic E-state index is 0.190. The van der Waals surface area contributed by atoms with Gasteiger partial charge < -0.3 is 21.5 Å². The number of carbonyl (C=O) groups is 2. The first-order chi connectivity index (χ1) is 8.93. The summed E-state index contributed by atoms with van der Waals surface area (Å²) in [4.78, 5) is 22.9. The Labute approximate surface area is 120 Å². The maximum atomic E-state index is 11.8. The van der Waals surface area contributed by atoms with Crippen LogP contribution in [0, 0.1) is 0 Å². The fourth-order valence-electron chi connectivity index (χ4n) is 2.50. The number of nitrogens with one attached hydrogen (secondary N) is 1. The molecule has 1 fully saturated rings. The van der Waals surface area contributed by atoms with E-state index in [4.69, 9.17) is 16.2 Å². The van der Waals surface area contributed by atoms with Crippen molar-refractivity contribution in [3.63, 3.8) is 0 Å². The van der Waals surface area contributed by atoms with Gasteiger partial charge in [0.15, 0.2) is 0 Å². The predicted molar refractivity (Wildman–Crippen MR) is 77.0 cm³/mol. The van der Waals surface area contributed by atoms with Crippen molar-refractivity contribution in [3.8, 4) is 0 Å². The molecule has 0 aromatic carbocycles.